The van der Waals surface area contributed by atoms with E-state index < -0.39 is 0 Å². The van der Waals surface area contributed by atoms with E-state index in [1.54, 1.807) is 6.20 Å². The van der Waals surface area contributed by atoms with Crippen LogP contribution in [0.3, 0.4) is 0 Å². The number of nitrogens with zero attached hydrogens (tertiary/aromatic N) is 1. The number of hydrogen-bond donors (Lipinski definition) is 4. The molecule has 29 heavy (non-hydrogen) atoms. The van der Waals surface area contributed by atoms with Gasteiger partial charge in [-0.15, -0.1) is 0 Å². The molecule has 0 radical (unpaired) electrons. The molecule has 6 N–H and O–H groups in total. The summed E-state index contributed by atoms with van der Waals surface area (Å²) in [4.78, 5) is 4.25. The second kappa shape index (κ2) is 8.74. The van der Waals surface area contributed by atoms with Gasteiger partial charge in [-0.1, -0.05) is 19.4 Å². The maximum absolute atomic E-state index is 7.94. The minimum atomic E-state index is 0.156. The molecule has 2 aliphatic rings. The molecule has 1 saturated heterocycles. The summed E-state index contributed by atoms with van der Waals surface area (Å²) in [5.74, 6) is 0.375. The van der Waals surface area contributed by atoms with Crippen LogP contribution in [-0.4, -0.2) is 30.6 Å². The van der Waals surface area contributed by atoms with Crippen molar-refractivity contribution in [1.29, 1.82) is 10.8 Å². The minimum Gasteiger partial charge on any atom is -0.404 e. The fourth-order valence-electron chi connectivity index (χ4n) is 4.39. The van der Waals surface area contributed by atoms with E-state index in [0.29, 0.717) is 11.4 Å². The maximum Gasteiger partial charge on any atom is 0.132 e. The lowest BCUT2D eigenvalue weighted by Crippen LogP contribution is -2.44. The molecule has 0 aromatic carbocycles. The van der Waals surface area contributed by atoms with Crippen LogP contribution in [0, 0.1) is 23.2 Å². The van der Waals surface area contributed by atoms with Crippen LogP contribution in [-0.2, 0) is 4.74 Å². The van der Waals surface area contributed by atoms with Crippen molar-refractivity contribution in [2.45, 2.75) is 46.0 Å². The molecule has 1 fully saturated rings. The highest BCUT2D eigenvalue weighted by molar-refractivity contribution is 5.95. The van der Waals surface area contributed by atoms with Gasteiger partial charge in [0.1, 0.15) is 5.82 Å². The molecule has 0 saturated carbocycles. The number of hydrogen-bond acceptors (Lipinski definition) is 6. The van der Waals surface area contributed by atoms with Gasteiger partial charge in [0.2, 0.25) is 0 Å². The van der Waals surface area contributed by atoms with Crippen LogP contribution in [0.25, 0.3) is 5.57 Å². The van der Waals surface area contributed by atoms with Gasteiger partial charge in [0.25, 0.3) is 0 Å². The first-order valence-electron chi connectivity index (χ1n) is 10.2. The standard InChI is InChI=1S/C23H31N5O/c1-3-4-5-17(16(9-24)10-25)19-8-23(13-29-14-23)7-6-18(19)21-15(2)12-28-22(27)20(21)11-26/h5,9-12,24,26H,3-4,6-8,13-14,25H2,1-2H3,(H2,27,28)/b16-10+,17-5+,24-9?,26-11?. The molecule has 3 rings (SSSR count). The Labute approximate surface area is 172 Å². The number of nitrogens with one attached hydrogen (secondary N) is 2. The van der Waals surface area contributed by atoms with Gasteiger partial charge in [0.15, 0.2) is 0 Å². The van der Waals surface area contributed by atoms with Crippen molar-refractivity contribution in [3.8, 4) is 0 Å². The van der Waals surface area contributed by atoms with Crippen LogP contribution in [0.15, 0.2) is 35.2 Å². The smallest absolute Gasteiger partial charge is 0.132 e. The predicted molar refractivity (Wildman–Crippen MR) is 119 cm³/mol. The van der Waals surface area contributed by atoms with Gasteiger partial charge < -0.3 is 27.0 Å². The Hall–Kier alpha value is -2.73. The fraction of sp³-hybridized carbons (Fsp3) is 0.435. The Bertz CT molecular complexity index is 906. The Morgan fingerprint density at radius 3 is 2.66 bits per heavy atom. The zero-order valence-corrected chi connectivity index (χ0v) is 17.3. The molecule has 6 heteroatoms. The molecule has 0 unspecified atom stereocenters. The van der Waals surface area contributed by atoms with Crippen molar-refractivity contribution in [2.75, 3.05) is 18.9 Å². The molecular weight excluding hydrogens is 362 g/mol. The van der Waals surface area contributed by atoms with E-state index in [2.05, 4.69) is 18.0 Å². The third kappa shape index (κ3) is 3.90. The maximum atomic E-state index is 7.94. The molecule has 1 aliphatic heterocycles. The summed E-state index contributed by atoms with van der Waals surface area (Å²) in [6.07, 6.45) is 12.9. The van der Waals surface area contributed by atoms with Crippen molar-refractivity contribution in [2.24, 2.45) is 11.1 Å². The number of allylic oxidation sites excluding steroid dienone is 5. The largest absolute Gasteiger partial charge is 0.404 e. The summed E-state index contributed by atoms with van der Waals surface area (Å²) >= 11 is 0. The van der Waals surface area contributed by atoms with E-state index >= 15 is 0 Å². The average Bonchev–Trinajstić information content (AvgIpc) is 2.71. The topological polar surface area (TPSA) is 122 Å². The van der Waals surface area contributed by atoms with E-state index in [0.717, 1.165) is 67.6 Å². The van der Waals surface area contributed by atoms with Crippen LogP contribution in [0.1, 0.15) is 55.7 Å². The highest BCUT2D eigenvalue weighted by atomic mass is 16.5. The van der Waals surface area contributed by atoms with Crippen LogP contribution in [0.4, 0.5) is 5.82 Å². The van der Waals surface area contributed by atoms with Crippen molar-refractivity contribution in [3.63, 3.8) is 0 Å². The highest BCUT2D eigenvalue weighted by Crippen LogP contribution is 2.50. The van der Waals surface area contributed by atoms with E-state index in [1.165, 1.54) is 29.8 Å². The SMILES string of the molecule is CCC/C=C(C1=C(c2c(C)cnc(N)c2C=N)CCC2(COC2)C1)\C(C=N)=C\N. The first kappa shape index (κ1) is 21.0. The molecule has 154 valence electrons. The molecule has 0 amide bonds. The van der Waals surface area contributed by atoms with Crippen LogP contribution < -0.4 is 11.5 Å². The van der Waals surface area contributed by atoms with Gasteiger partial charge >= 0.3 is 0 Å². The first-order chi connectivity index (χ1) is 14.0. The Kier molecular flexibility index (Phi) is 6.33. The summed E-state index contributed by atoms with van der Waals surface area (Å²) in [6, 6.07) is 0. The molecule has 0 atom stereocenters. The Balaban J connectivity index is 2.28. The number of anilines is 1. The third-order valence-electron chi connectivity index (χ3n) is 6.03. The number of unbranched alkanes of at least 4 members (excludes halogenated alkanes) is 1. The molecule has 1 aliphatic carbocycles. The van der Waals surface area contributed by atoms with Gasteiger partial charge in [-0.3, -0.25) is 0 Å². The zero-order valence-electron chi connectivity index (χ0n) is 17.3. The summed E-state index contributed by atoms with van der Waals surface area (Å²) < 4.78 is 5.57. The van der Waals surface area contributed by atoms with Gasteiger partial charge in [0.05, 0.1) is 13.2 Å². The average molecular weight is 394 g/mol. The lowest BCUT2D eigenvalue weighted by Gasteiger charge is -2.46. The third-order valence-corrected chi connectivity index (χ3v) is 6.03. The summed E-state index contributed by atoms with van der Waals surface area (Å²) in [5, 5.41) is 15.8. The van der Waals surface area contributed by atoms with Crippen molar-refractivity contribution < 1.29 is 4.74 Å². The molecular formula is C23H31N5O. The van der Waals surface area contributed by atoms with Crippen LogP contribution in [0.5, 0.6) is 0 Å². The number of rotatable bonds is 7. The van der Waals surface area contributed by atoms with Gasteiger partial charge in [-0.2, -0.15) is 0 Å². The zero-order chi connectivity index (χ0) is 21.0. The molecule has 1 aromatic rings. The van der Waals surface area contributed by atoms with E-state index in [-0.39, 0.29) is 5.41 Å². The predicted octanol–water partition coefficient (Wildman–Crippen LogP) is 4.14. The lowest BCUT2D eigenvalue weighted by atomic mass is 9.66. The number of aromatic nitrogens is 1. The van der Waals surface area contributed by atoms with E-state index in [9.17, 15) is 0 Å². The summed E-state index contributed by atoms with van der Waals surface area (Å²) in [6.45, 7) is 5.70. The van der Waals surface area contributed by atoms with Crippen LogP contribution in [0.2, 0.25) is 0 Å². The van der Waals surface area contributed by atoms with Gasteiger partial charge in [-0.25, -0.2) is 4.98 Å². The number of pyridine rings is 1. The molecule has 1 spiro atoms. The summed E-state index contributed by atoms with van der Waals surface area (Å²) in [5.41, 5.74) is 19.0. The number of nitrogen functional groups attached to an aromatic ring is 1. The van der Waals surface area contributed by atoms with Crippen molar-refractivity contribution >= 4 is 23.8 Å². The van der Waals surface area contributed by atoms with Crippen molar-refractivity contribution in [3.05, 3.63) is 51.9 Å². The number of aryl methyl sites for hydroxylation is 1. The quantitative estimate of drug-likeness (QED) is 0.411. The summed E-state index contributed by atoms with van der Waals surface area (Å²) in [7, 11) is 0. The lowest BCUT2D eigenvalue weighted by molar-refractivity contribution is -0.117. The minimum absolute atomic E-state index is 0.156. The normalized spacial score (nSPS) is 19.2. The van der Waals surface area contributed by atoms with Gasteiger partial charge in [0, 0.05) is 41.4 Å². The Morgan fingerprint density at radius 2 is 2.10 bits per heavy atom. The molecule has 1 aromatic heterocycles. The Morgan fingerprint density at radius 1 is 1.34 bits per heavy atom. The van der Waals surface area contributed by atoms with E-state index in [4.69, 9.17) is 27.0 Å². The molecule has 6 nitrogen and oxygen atoms in total. The van der Waals surface area contributed by atoms with Crippen LogP contribution >= 0.6 is 0 Å². The van der Waals surface area contributed by atoms with Crippen molar-refractivity contribution in [1.82, 2.24) is 4.98 Å². The fourth-order valence-corrected chi connectivity index (χ4v) is 4.39. The molecule has 0 bridgehead atoms. The second-order valence-corrected chi connectivity index (χ2v) is 8.06. The number of nitrogens with two attached hydrogens (primary N) is 2. The second-order valence-electron chi connectivity index (χ2n) is 8.06. The molecule has 2 heterocycles. The monoisotopic (exact) mass is 393 g/mol. The first-order valence-corrected chi connectivity index (χ1v) is 10.2. The highest BCUT2D eigenvalue weighted by Gasteiger charge is 2.43. The van der Waals surface area contributed by atoms with E-state index in [1.807, 2.05) is 6.92 Å². The number of ether oxygens (including phenoxy) is 1. The van der Waals surface area contributed by atoms with Gasteiger partial charge in [-0.05, 0) is 60.5 Å².